The van der Waals surface area contributed by atoms with Crippen LogP contribution in [0.1, 0.15) is 19.8 Å². The van der Waals surface area contributed by atoms with Crippen molar-refractivity contribution in [1.82, 2.24) is 10.0 Å². The Labute approximate surface area is 120 Å². The Kier molecular flexibility index (Phi) is 4.67. The Hall–Kier alpha value is -1.11. The average Bonchev–Trinajstić information content (AvgIpc) is 2.46. The number of rotatable bonds is 5. The summed E-state index contributed by atoms with van der Waals surface area (Å²) in [6.07, 6.45) is 1.95. The predicted molar refractivity (Wildman–Crippen MR) is 78.4 cm³/mol. The lowest BCUT2D eigenvalue weighted by atomic mass is 9.81. The molecule has 1 aliphatic rings. The summed E-state index contributed by atoms with van der Waals surface area (Å²) < 4.78 is 32.6. The molecule has 0 amide bonds. The highest BCUT2D eigenvalue weighted by Gasteiger charge is 2.29. The van der Waals surface area contributed by atoms with Crippen LogP contribution in [-0.2, 0) is 10.0 Å². The van der Waals surface area contributed by atoms with E-state index in [1.54, 1.807) is 24.3 Å². The molecule has 1 aromatic carbocycles. The predicted octanol–water partition coefficient (Wildman–Crippen LogP) is 1.36. The van der Waals surface area contributed by atoms with Gasteiger partial charge in [0.1, 0.15) is 10.6 Å². The molecule has 0 spiro atoms. The molecule has 0 radical (unpaired) electrons. The molecule has 6 heteroatoms. The maximum Gasteiger partial charge on any atom is 0.244 e. The number of hydrogen-bond acceptors (Lipinski definition) is 4. The van der Waals surface area contributed by atoms with Crippen molar-refractivity contribution in [2.75, 3.05) is 26.7 Å². The van der Waals surface area contributed by atoms with Gasteiger partial charge in [-0.15, -0.1) is 0 Å². The third-order valence-electron chi connectivity index (χ3n) is 3.86. The van der Waals surface area contributed by atoms with Gasteiger partial charge in [-0.2, -0.15) is 0 Å². The molecule has 1 fully saturated rings. The molecular weight excluding hydrogens is 276 g/mol. The lowest BCUT2D eigenvalue weighted by Gasteiger charge is -2.34. The van der Waals surface area contributed by atoms with Crippen molar-refractivity contribution in [3.8, 4) is 5.75 Å². The summed E-state index contributed by atoms with van der Waals surface area (Å²) in [6, 6.07) is 6.67. The van der Waals surface area contributed by atoms with Crippen LogP contribution in [0, 0.1) is 5.41 Å². The van der Waals surface area contributed by atoms with Gasteiger partial charge >= 0.3 is 0 Å². The lowest BCUT2D eigenvalue weighted by Crippen LogP contribution is -2.42. The smallest absolute Gasteiger partial charge is 0.244 e. The highest BCUT2D eigenvalue weighted by Crippen LogP contribution is 2.28. The van der Waals surface area contributed by atoms with Crippen molar-refractivity contribution in [2.24, 2.45) is 5.41 Å². The summed E-state index contributed by atoms with van der Waals surface area (Å²) in [4.78, 5) is 0.194. The molecule has 5 nitrogen and oxygen atoms in total. The first-order valence-electron chi connectivity index (χ1n) is 6.80. The molecule has 1 saturated heterocycles. The lowest BCUT2D eigenvalue weighted by molar-refractivity contribution is 0.232. The van der Waals surface area contributed by atoms with E-state index in [1.165, 1.54) is 7.11 Å². The number of piperidine rings is 1. The van der Waals surface area contributed by atoms with Crippen molar-refractivity contribution in [2.45, 2.75) is 24.7 Å². The monoisotopic (exact) mass is 298 g/mol. The number of para-hydroxylation sites is 1. The van der Waals surface area contributed by atoms with Crippen LogP contribution in [0.5, 0.6) is 5.75 Å². The molecule has 20 heavy (non-hydrogen) atoms. The normalized spacial score (nSPS) is 18.7. The fourth-order valence-corrected chi connectivity index (χ4v) is 3.76. The topological polar surface area (TPSA) is 67.4 Å². The molecule has 1 aromatic rings. The van der Waals surface area contributed by atoms with E-state index in [-0.39, 0.29) is 10.3 Å². The molecule has 2 N–H and O–H groups in total. The first-order valence-corrected chi connectivity index (χ1v) is 8.29. The van der Waals surface area contributed by atoms with E-state index in [4.69, 9.17) is 4.74 Å². The largest absolute Gasteiger partial charge is 0.495 e. The van der Waals surface area contributed by atoms with Gasteiger partial charge in [0.05, 0.1) is 7.11 Å². The van der Waals surface area contributed by atoms with E-state index >= 15 is 0 Å². The number of nitrogens with one attached hydrogen (secondary N) is 2. The Morgan fingerprint density at radius 3 is 2.60 bits per heavy atom. The second-order valence-electron chi connectivity index (χ2n) is 5.54. The molecule has 2 rings (SSSR count). The second-order valence-corrected chi connectivity index (χ2v) is 7.27. The number of sulfonamides is 1. The highest BCUT2D eigenvalue weighted by molar-refractivity contribution is 7.89. The van der Waals surface area contributed by atoms with Gasteiger partial charge in [0, 0.05) is 6.54 Å². The summed E-state index contributed by atoms with van der Waals surface area (Å²) in [5.41, 5.74) is 0.0142. The zero-order valence-corrected chi connectivity index (χ0v) is 12.8. The van der Waals surface area contributed by atoms with Gasteiger partial charge in [-0.1, -0.05) is 19.1 Å². The average molecular weight is 298 g/mol. The zero-order valence-electron chi connectivity index (χ0n) is 12.0. The summed E-state index contributed by atoms with van der Waals surface area (Å²) in [6.45, 7) is 4.45. The van der Waals surface area contributed by atoms with Gasteiger partial charge in [-0.25, -0.2) is 13.1 Å². The molecule has 0 aromatic heterocycles. The van der Waals surface area contributed by atoms with Crippen molar-refractivity contribution < 1.29 is 13.2 Å². The summed E-state index contributed by atoms with van der Waals surface area (Å²) >= 11 is 0. The highest BCUT2D eigenvalue weighted by atomic mass is 32.2. The van der Waals surface area contributed by atoms with Gasteiger partial charge in [-0.05, 0) is 43.5 Å². The first-order chi connectivity index (χ1) is 9.47. The minimum Gasteiger partial charge on any atom is -0.495 e. The van der Waals surface area contributed by atoms with Gasteiger partial charge in [0.15, 0.2) is 0 Å². The molecule has 1 aliphatic heterocycles. The van der Waals surface area contributed by atoms with Crippen molar-refractivity contribution in [3.63, 3.8) is 0 Å². The second kappa shape index (κ2) is 6.11. The van der Waals surface area contributed by atoms with Gasteiger partial charge < -0.3 is 10.1 Å². The number of benzene rings is 1. The maximum absolute atomic E-state index is 12.4. The van der Waals surface area contributed by atoms with Gasteiger partial charge in [0.25, 0.3) is 0 Å². The SMILES string of the molecule is COc1ccccc1S(=O)(=O)NCC1(C)CCNCC1. The van der Waals surface area contributed by atoms with Crippen LogP contribution < -0.4 is 14.8 Å². The molecule has 0 atom stereocenters. The molecular formula is C14H22N2O3S. The molecule has 0 aliphatic carbocycles. The van der Waals surface area contributed by atoms with E-state index < -0.39 is 10.0 Å². The Morgan fingerprint density at radius 2 is 1.95 bits per heavy atom. The minimum absolute atomic E-state index is 0.0142. The van der Waals surface area contributed by atoms with E-state index in [9.17, 15) is 8.42 Å². The van der Waals surface area contributed by atoms with Crippen molar-refractivity contribution in [3.05, 3.63) is 24.3 Å². The number of ether oxygens (including phenoxy) is 1. The van der Waals surface area contributed by atoms with Crippen molar-refractivity contribution in [1.29, 1.82) is 0 Å². The van der Waals surface area contributed by atoms with Crippen LogP contribution in [0.2, 0.25) is 0 Å². The Balaban J connectivity index is 2.11. The van der Waals surface area contributed by atoms with Crippen LogP contribution in [0.3, 0.4) is 0 Å². The van der Waals surface area contributed by atoms with Crippen LogP contribution in [-0.4, -0.2) is 35.2 Å². The van der Waals surface area contributed by atoms with E-state index in [2.05, 4.69) is 17.0 Å². The van der Waals surface area contributed by atoms with Gasteiger partial charge in [-0.3, -0.25) is 0 Å². The van der Waals surface area contributed by atoms with E-state index in [0.29, 0.717) is 12.3 Å². The summed E-state index contributed by atoms with van der Waals surface area (Å²) in [7, 11) is -2.06. The molecule has 1 heterocycles. The third-order valence-corrected chi connectivity index (χ3v) is 5.30. The number of hydrogen-bond donors (Lipinski definition) is 2. The molecule has 0 unspecified atom stereocenters. The standard InChI is InChI=1S/C14H22N2O3S/c1-14(7-9-15-10-8-14)11-16-20(17,18)13-6-4-3-5-12(13)19-2/h3-6,15-16H,7-11H2,1-2H3. The van der Waals surface area contributed by atoms with Crippen molar-refractivity contribution >= 4 is 10.0 Å². The zero-order chi connectivity index (χ0) is 14.6. The van der Waals surface area contributed by atoms with Crippen LogP contribution in [0.4, 0.5) is 0 Å². The summed E-state index contributed by atoms with van der Waals surface area (Å²) in [5.74, 6) is 0.371. The minimum atomic E-state index is -3.54. The fraction of sp³-hybridized carbons (Fsp3) is 0.571. The Bertz CT molecular complexity index is 551. The van der Waals surface area contributed by atoms with Crippen LogP contribution in [0.15, 0.2) is 29.2 Å². The third kappa shape index (κ3) is 3.50. The molecule has 0 bridgehead atoms. The van der Waals surface area contributed by atoms with Gasteiger partial charge in [0.2, 0.25) is 10.0 Å². The molecule has 0 saturated carbocycles. The first kappa shape index (κ1) is 15.3. The quantitative estimate of drug-likeness (QED) is 0.861. The van der Waals surface area contributed by atoms with Crippen LogP contribution in [0.25, 0.3) is 0 Å². The molecule has 112 valence electrons. The number of methoxy groups -OCH3 is 1. The fourth-order valence-electron chi connectivity index (χ4n) is 2.39. The van der Waals surface area contributed by atoms with Crippen LogP contribution >= 0.6 is 0 Å². The maximum atomic E-state index is 12.4. The Morgan fingerprint density at radius 1 is 1.30 bits per heavy atom. The summed E-state index contributed by atoms with van der Waals surface area (Å²) in [5, 5.41) is 3.29. The van der Waals surface area contributed by atoms with E-state index in [0.717, 1.165) is 25.9 Å². The van der Waals surface area contributed by atoms with E-state index in [1.807, 2.05) is 0 Å².